The van der Waals surface area contributed by atoms with E-state index in [2.05, 4.69) is 22.0 Å². The fourth-order valence-electron chi connectivity index (χ4n) is 3.15. The summed E-state index contributed by atoms with van der Waals surface area (Å²) >= 11 is 5.10. The molecule has 3 rings (SSSR count). The minimum Gasteiger partial charge on any atom is -0.496 e. The molecule has 1 N–H and O–H groups in total. The van der Waals surface area contributed by atoms with Gasteiger partial charge in [0.25, 0.3) is 0 Å². The van der Waals surface area contributed by atoms with Crippen molar-refractivity contribution in [2.75, 3.05) is 26.6 Å². The summed E-state index contributed by atoms with van der Waals surface area (Å²) in [5.41, 5.74) is 2.99. The molecule has 3 aromatic rings. The highest BCUT2D eigenvalue weighted by Gasteiger charge is 2.14. The first-order valence-corrected chi connectivity index (χ1v) is 11.5. The zero-order valence-electron chi connectivity index (χ0n) is 17.7. The zero-order valence-corrected chi connectivity index (χ0v) is 20.1. The molecule has 0 aliphatic rings. The van der Waals surface area contributed by atoms with Gasteiger partial charge in [-0.25, -0.2) is 4.79 Å². The van der Waals surface area contributed by atoms with Crippen molar-refractivity contribution in [3.63, 3.8) is 0 Å². The molecule has 3 aromatic carbocycles. The molecule has 7 heteroatoms. The SMILES string of the molecule is COc1ccccc1C(=CCSc1ccc(OCC(=O)O)c(Br)c1)c1ccccc1OC. The quantitative estimate of drug-likeness (QED) is 0.327. The number of thioether (sulfide) groups is 1. The number of aliphatic carboxylic acids is 1. The molecular weight excluding hydrogens is 492 g/mol. The van der Waals surface area contributed by atoms with Crippen LogP contribution in [0.3, 0.4) is 0 Å². The number of methoxy groups -OCH3 is 2. The first-order valence-electron chi connectivity index (χ1n) is 9.77. The number of rotatable bonds is 10. The standard InChI is InChI=1S/C25H23BrO5S/c1-29-22-9-5-3-7-19(22)18(20-8-4-6-10-23(20)30-2)13-14-32-17-11-12-24(21(26)15-17)31-16-25(27)28/h3-13,15H,14,16H2,1-2H3,(H,27,28). The number of benzene rings is 3. The van der Waals surface area contributed by atoms with E-state index in [9.17, 15) is 4.79 Å². The Bertz CT molecular complexity index is 1060. The summed E-state index contributed by atoms with van der Waals surface area (Å²) in [4.78, 5) is 11.7. The minimum atomic E-state index is -1.01. The van der Waals surface area contributed by atoms with E-state index in [0.29, 0.717) is 16.0 Å². The highest BCUT2D eigenvalue weighted by Crippen LogP contribution is 2.37. The van der Waals surface area contributed by atoms with Gasteiger partial charge < -0.3 is 19.3 Å². The maximum absolute atomic E-state index is 10.7. The minimum absolute atomic E-state index is 0.380. The Morgan fingerprint density at radius 1 is 0.938 bits per heavy atom. The van der Waals surface area contributed by atoms with Gasteiger partial charge in [0.1, 0.15) is 17.2 Å². The first kappa shape index (κ1) is 23.8. The second kappa shape index (κ2) is 11.6. The molecule has 0 saturated heterocycles. The van der Waals surface area contributed by atoms with E-state index in [1.54, 1.807) is 32.0 Å². The van der Waals surface area contributed by atoms with Crippen molar-refractivity contribution in [1.29, 1.82) is 0 Å². The van der Waals surface area contributed by atoms with Crippen LogP contribution in [0.25, 0.3) is 5.57 Å². The number of ether oxygens (including phenoxy) is 3. The average molecular weight is 515 g/mol. The summed E-state index contributed by atoms with van der Waals surface area (Å²) in [5, 5.41) is 8.78. The second-order valence-electron chi connectivity index (χ2n) is 6.60. The van der Waals surface area contributed by atoms with Crippen LogP contribution in [0, 0.1) is 0 Å². The average Bonchev–Trinajstić information content (AvgIpc) is 2.81. The molecule has 0 radical (unpaired) electrons. The summed E-state index contributed by atoms with van der Waals surface area (Å²) in [6, 6.07) is 21.4. The van der Waals surface area contributed by atoms with Crippen LogP contribution in [0.15, 0.2) is 82.2 Å². The van der Waals surface area contributed by atoms with Gasteiger partial charge in [-0.15, -0.1) is 11.8 Å². The van der Waals surface area contributed by atoms with Crippen LogP contribution in [0.2, 0.25) is 0 Å². The molecule has 0 aromatic heterocycles. The molecule has 32 heavy (non-hydrogen) atoms. The highest BCUT2D eigenvalue weighted by atomic mass is 79.9. The third kappa shape index (κ3) is 6.08. The van der Waals surface area contributed by atoms with E-state index < -0.39 is 5.97 Å². The van der Waals surface area contributed by atoms with Crippen LogP contribution >= 0.6 is 27.7 Å². The number of carbonyl (C=O) groups is 1. The van der Waals surface area contributed by atoms with Crippen LogP contribution in [0.5, 0.6) is 17.2 Å². The van der Waals surface area contributed by atoms with E-state index in [0.717, 1.165) is 33.1 Å². The maximum atomic E-state index is 10.7. The molecule has 0 aliphatic carbocycles. The molecule has 166 valence electrons. The lowest BCUT2D eigenvalue weighted by atomic mass is 9.96. The Balaban J connectivity index is 1.87. The van der Waals surface area contributed by atoms with Crippen molar-refractivity contribution < 1.29 is 24.1 Å². The Labute approximate surface area is 200 Å². The summed E-state index contributed by atoms with van der Waals surface area (Å²) in [6.45, 7) is -0.380. The summed E-state index contributed by atoms with van der Waals surface area (Å²) < 4.78 is 17.2. The van der Waals surface area contributed by atoms with Gasteiger partial charge >= 0.3 is 5.97 Å². The second-order valence-corrected chi connectivity index (χ2v) is 8.55. The lowest BCUT2D eigenvalue weighted by molar-refractivity contribution is -0.139. The van der Waals surface area contributed by atoms with E-state index in [1.807, 2.05) is 60.7 Å². The predicted octanol–water partition coefficient (Wildman–Crippen LogP) is 6.15. The monoisotopic (exact) mass is 514 g/mol. The Hall–Kier alpha value is -2.90. The smallest absolute Gasteiger partial charge is 0.341 e. The van der Waals surface area contributed by atoms with Crippen molar-refractivity contribution in [2.24, 2.45) is 0 Å². The molecule has 0 spiro atoms. The third-order valence-corrected chi connectivity index (χ3v) is 6.13. The van der Waals surface area contributed by atoms with Crippen molar-refractivity contribution in [3.05, 3.63) is 88.4 Å². The number of hydrogen-bond donors (Lipinski definition) is 1. The van der Waals surface area contributed by atoms with Crippen LogP contribution in [0.1, 0.15) is 11.1 Å². The number of para-hydroxylation sites is 2. The van der Waals surface area contributed by atoms with Gasteiger partial charge in [0, 0.05) is 21.8 Å². The first-order chi connectivity index (χ1) is 15.5. The highest BCUT2D eigenvalue weighted by molar-refractivity contribution is 9.10. The Morgan fingerprint density at radius 3 is 2.06 bits per heavy atom. The molecule has 0 aliphatic heterocycles. The van der Waals surface area contributed by atoms with Crippen molar-refractivity contribution in [3.8, 4) is 17.2 Å². The predicted molar refractivity (Wildman–Crippen MR) is 131 cm³/mol. The van der Waals surface area contributed by atoms with Gasteiger partial charge in [-0.1, -0.05) is 42.5 Å². The number of carboxylic acids is 1. The topological polar surface area (TPSA) is 65.0 Å². The van der Waals surface area contributed by atoms with Crippen molar-refractivity contribution in [1.82, 2.24) is 0 Å². The fraction of sp³-hybridized carbons (Fsp3) is 0.160. The molecule has 0 bridgehead atoms. The molecule has 0 saturated carbocycles. The van der Waals surface area contributed by atoms with Crippen LogP contribution in [-0.4, -0.2) is 37.7 Å². The third-order valence-electron chi connectivity index (χ3n) is 4.59. The summed E-state index contributed by atoms with van der Waals surface area (Å²) in [5.74, 6) is 1.76. The van der Waals surface area contributed by atoms with Crippen LogP contribution in [-0.2, 0) is 4.79 Å². The van der Waals surface area contributed by atoms with Gasteiger partial charge in [0.05, 0.1) is 18.7 Å². The number of carboxylic acid groups (broad SMARTS) is 1. The van der Waals surface area contributed by atoms with Gasteiger partial charge in [0.15, 0.2) is 6.61 Å². The molecule has 0 amide bonds. The van der Waals surface area contributed by atoms with E-state index in [-0.39, 0.29) is 6.61 Å². The van der Waals surface area contributed by atoms with Crippen LogP contribution in [0.4, 0.5) is 0 Å². The molecule has 0 heterocycles. The molecule has 5 nitrogen and oxygen atoms in total. The van der Waals surface area contributed by atoms with Gasteiger partial charge in [-0.3, -0.25) is 0 Å². The lowest BCUT2D eigenvalue weighted by Crippen LogP contribution is -2.09. The molecule has 0 unspecified atom stereocenters. The summed E-state index contributed by atoms with van der Waals surface area (Å²) in [7, 11) is 3.33. The number of hydrogen-bond acceptors (Lipinski definition) is 5. The largest absolute Gasteiger partial charge is 0.496 e. The van der Waals surface area contributed by atoms with E-state index in [1.165, 1.54) is 0 Å². The van der Waals surface area contributed by atoms with E-state index in [4.69, 9.17) is 19.3 Å². The van der Waals surface area contributed by atoms with Gasteiger partial charge in [-0.05, 0) is 51.8 Å². The summed E-state index contributed by atoms with van der Waals surface area (Å²) in [6.07, 6.45) is 2.16. The van der Waals surface area contributed by atoms with E-state index >= 15 is 0 Å². The zero-order chi connectivity index (χ0) is 22.9. The van der Waals surface area contributed by atoms with Crippen molar-refractivity contribution in [2.45, 2.75) is 4.90 Å². The molecule has 0 atom stereocenters. The molecular formula is C25H23BrO5S. The lowest BCUT2D eigenvalue weighted by Gasteiger charge is -2.15. The Morgan fingerprint density at radius 2 is 1.53 bits per heavy atom. The van der Waals surface area contributed by atoms with Gasteiger partial charge in [-0.2, -0.15) is 0 Å². The van der Waals surface area contributed by atoms with Crippen molar-refractivity contribution >= 4 is 39.2 Å². The fourth-order valence-corrected chi connectivity index (χ4v) is 4.60. The maximum Gasteiger partial charge on any atom is 0.341 e. The van der Waals surface area contributed by atoms with Gasteiger partial charge in [0.2, 0.25) is 0 Å². The van der Waals surface area contributed by atoms with Crippen LogP contribution < -0.4 is 14.2 Å². The number of halogens is 1. The molecule has 0 fully saturated rings. The Kier molecular flexibility index (Phi) is 8.64. The normalized spacial score (nSPS) is 10.3.